The van der Waals surface area contributed by atoms with Gasteiger partial charge in [-0.2, -0.15) is 18.2 Å². The predicted molar refractivity (Wildman–Crippen MR) is 37.5 cm³/mol. The Kier molecular flexibility index (Phi) is 5.33. The van der Waals surface area contributed by atoms with E-state index in [4.69, 9.17) is 11.6 Å². The van der Waals surface area contributed by atoms with Crippen LogP contribution in [0.25, 0.3) is 0 Å². The molecule has 3 nitrogen and oxygen atoms in total. The Morgan fingerprint density at radius 3 is 2.60 bits per heavy atom. The second-order valence-corrected chi connectivity index (χ2v) is 1.66. The largest absolute Gasteiger partial charge is 1.00 e. The monoisotopic (exact) mass is 161 g/mol. The maximum absolute atomic E-state index is 5.46. The fraction of sp³-hybridized carbons (Fsp3) is 0. The molecule has 0 bridgehead atoms. The first-order valence-electron chi connectivity index (χ1n) is 2.57. The number of nitrogen functional groups attached to an aromatic ring is 2. The normalized spacial score (nSPS) is 8.10. The summed E-state index contributed by atoms with van der Waals surface area (Å²) >= 11 is 0. The van der Waals surface area contributed by atoms with Gasteiger partial charge in [0.2, 0.25) is 0 Å². The standard InChI is InChI=1S/C6H8N3.K/c7-5-3-1-2-4-6(5)9-8;/h2-4,9H,7-8H2;/q-1;+1. The number of benzene rings is 1. The molecule has 4 heteroatoms. The van der Waals surface area contributed by atoms with Crippen molar-refractivity contribution in [1.29, 1.82) is 0 Å². The average Bonchev–Trinajstić information content (AvgIpc) is 1.89. The summed E-state index contributed by atoms with van der Waals surface area (Å²) in [6, 6.07) is 7.98. The maximum atomic E-state index is 5.46. The number of hydrazine groups is 1. The summed E-state index contributed by atoms with van der Waals surface area (Å²) in [6.07, 6.45) is 0. The molecule has 0 aliphatic rings. The molecule has 0 amide bonds. The molecule has 0 atom stereocenters. The van der Waals surface area contributed by atoms with Crippen molar-refractivity contribution in [3.8, 4) is 0 Å². The van der Waals surface area contributed by atoms with Gasteiger partial charge in [-0.15, -0.1) is 6.07 Å². The quantitative estimate of drug-likeness (QED) is 0.139. The number of nitrogens with one attached hydrogen (secondary N) is 1. The van der Waals surface area contributed by atoms with Gasteiger partial charge in [-0.3, -0.25) is 5.84 Å². The van der Waals surface area contributed by atoms with E-state index in [1.165, 1.54) is 0 Å². The molecule has 0 unspecified atom stereocenters. The summed E-state index contributed by atoms with van der Waals surface area (Å²) in [5.41, 5.74) is 9.25. The SMILES string of the molecule is NNc1cc[c-]cc1N.[K+]. The van der Waals surface area contributed by atoms with E-state index in [1.807, 2.05) is 0 Å². The molecule has 1 aromatic rings. The summed E-state index contributed by atoms with van der Waals surface area (Å²) in [7, 11) is 0. The van der Waals surface area contributed by atoms with Crippen LogP contribution in [0, 0.1) is 6.07 Å². The third kappa shape index (κ3) is 2.57. The molecule has 0 saturated carbocycles. The Bertz CT molecular complexity index is 202. The van der Waals surface area contributed by atoms with E-state index < -0.39 is 0 Å². The first kappa shape index (κ1) is 10.4. The van der Waals surface area contributed by atoms with Gasteiger partial charge in [-0.05, 0) is 5.69 Å². The Morgan fingerprint density at radius 1 is 1.50 bits per heavy atom. The maximum Gasteiger partial charge on any atom is 1.00 e. The smallest absolute Gasteiger partial charge is 0.448 e. The Hall–Kier alpha value is 0.416. The molecule has 1 aromatic carbocycles. The first-order valence-corrected chi connectivity index (χ1v) is 2.57. The van der Waals surface area contributed by atoms with Gasteiger partial charge < -0.3 is 11.2 Å². The van der Waals surface area contributed by atoms with Crippen molar-refractivity contribution in [3.05, 3.63) is 24.3 Å². The topological polar surface area (TPSA) is 64.1 Å². The van der Waals surface area contributed by atoms with Gasteiger partial charge in [-0.1, -0.05) is 5.69 Å². The Morgan fingerprint density at radius 2 is 2.20 bits per heavy atom. The second kappa shape index (κ2) is 5.12. The molecular formula is C6H8KN3. The second-order valence-electron chi connectivity index (χ2n) is 1.66. The van der Waals surface area contributed by atoms with Crippen LogP contribution in [0.3, 0.4) is 0 Å². The van der Waals surface area contributed by atoms with Crippen LogP contribution >= 0.6 is 0 Å². The van der Waals surface area contributed by atoms with Crippen LogP contribution in [-0.2, 0) is 0 Å². The summed E-state index contributed by atoms with van der Waals surface area (Å²) in [5, 5.41) is 0. The molecule has 0 heterocycles. The summed E-state index contributed by atoms with van der Waals surface area (Å²) in [5.74, 6) is 5.11. The van der Waals surface area contributed by atoms with E-state index in [9.17, 15) is 0 Å². The van der Waals surface area contributed by atoms with Crippen LogP contribution in [-0.4, -0.2) is 0 Å². The molecule has 0 aliphatic carbocycles. The van der Waals surface area contributed by atoms with E-state index in [0.29, 0.717) is 5.69 Å². The van der Waals surface area contributed by atoms with Crippen LogP contribution in [0.1, 0.15) is 0 Å². The zero-order valence-electron chi connectivity index (χ0n) is 5.89. The van der Waals surface area contributed by atoms with Crippen LogP contribution < -0.4 is 68.4 Å². The predicted octanol–water partition coefficient (Wildman–Crippen LogP) is -2.64. The third-order valence-corrected chi connectivity index (χ3v) is 1.05. The number of hydrogen-bond donors (Lipinski definition) is 3. The fourth-order valence-corrected chi connectivity index (χ4v) is 0.575. The number of hydrogen-bond acceptors (Lipinski definition) is 3. The average molecular weight is 161 g/mol. The fourth-order valence-electron chi connectivity index (χ4n) is 0.575. The minimum atomic E-state index is 0. The van der Waals surface area contributed by atoms with Gasteiger partial charge in [0, 0.05) is 0 Å². The van der Waals surface area contributed by atoms with Gasteiger partial charge in [0.1, 0.15) is 0 Å². The molecule has 0 spiro atoms. The summed E-state index contributed by atoms with van der Waals surface area (Å²) in [4.78, 5) is 0. The van der Waals surface area contributed by atoms with E-state index >= 15 is 0 Å². The Balaban J connectivity index is 0.000000810. The molecule has 48 valence electrons. The molecule has 0 saturated heterocycles. The van der Waals surface area contributed by atoms with Crippen LogP contribution in [0.2, 0.25) is 0 Å². The van der Waals surface area contributed by atoms with Crippen LogP contribution in [0.4, 0.5) is 11.4 Å². The summed E-state index contributed by atoms with van der Waals surface area (Å²) < 4.78 is 0. The summed E-state index contributed by atoms with van der Waals surface area (Å²) in [6.45, 7) is 0. The van der Waals surface area contributed by atoms with Gasteiger partial charge in [-0.25, -0.2) is 0 Å². The van der Waals surface area contributed by atoms with E-state index in [0.717, 1.165) is 5.69 Å². The van der Waals surface area contributed by atoms with Gasteiger partial charge in [0.15, 0.2) is 0 Å². The van der Waals surface area contributed by atoms with Crippen molar-refractivity contribution in [3.63, 3.8) is 0 Å². The van der Waals surface area contributed by atoms with E-state index in [2.05, 4.69) is 11.5 Å². The molecule has 0 fully saturated rings. The minimum absolute atomic E-state index is 0. The molecule has 0 aromatic heterocycles. The third-order valence-electron chi connectivity index (χ3n) is 1.05. The van der Waals surface area contributed by atoms with Gasteiger partial charge in [0.05, 0.1) is 0 Å². The zero-order chi connectivity index (χ0) is 6.69. The Labute approximate surface area is 103 Å². The van der Waals surface area contributed by atoms with Gasteiger partial charge in [0.25, 0.3) is 0 Å². The molecule has 10 heavy (non-hydrogen) atoms. The first-order chi connectivity index (χ1) is 4.34. The van der Waals surface area contributed by atoms with Crippen molar-refractivity contribution in [1.82, 2.24) is 0 Å². The van der Waals surface area contributed by atoms with E-state index in [1.54, 1.807) is 18.2 Å². The molecule has 0 radical (unpaired) electrons. The number of nitrogens with two attached hydrogens (primary N) is 2. The molecule has 1 rings (SSSR count). The van der Waals surface area contributed by atoms with E-state index in [-0.39, 0.29) is 51.4 Å². The van der Waals surface area contributed by atoms with Crippen molar-refractivity contribution in [2.75, 3.05) is 11.2 Å². The molecular weight excluding hydrogens is 153 g/mol. The van der Waals surface area contributed by atoms with Crippen LogP contribution in [0.5, 0.6) is 0 Å². The van der Waals surface area contributed by atoms with Crippen molar-refractivity contribution < 1.29 is 51.4 Å². The minimum Gasteiger partial charge on any atom is -0.448 e. The number of rotatable bonds is 1. The van der Waals surface area contributed by atoms with Crippen molar-refractivity contribution in [2.24, 2.45) is 5.84 Å². The number of anilines is 2. The van der Waals surface area contributed by atoms with Crippen molar-refractivity contribution in [2.45, 2.75) is 0 Å². The zero-order valence-corrected chi connectivity index (χ0v) is 9.01. The van der Waals surface area contributed by atoms with Gasteiger partial charge >= 0.3 is 51.4 Å². The molecule has 0 aliphatic heterocycles. The van der Waals surface area contributed by atoms with Crippen LogP contribution in [0.15, 0.2) is 18.2 Å². The molecule has 5 N–H and O–H groups in total. The van der Waals surface area contributed by atoms with Crippen molar-refractivity contribution >= 4 is 11.4 Å².